The predicted molar refractivity (Wildman–Crippen MR) is 99.7 cm³/mol. The summed E-state index contributed by atoms with van der Waals surface area (Å²) in [5.74, 6) is 0.685. The fourth-order valence-corrected chi connectivity index (χ4v) is 3.33. The van der Waals surface area contributed by atoms with Crippen LogP contribution in [0.3, 0.4) is 0 Å². The number of oxazole rings is 1. The summed E-state index contributed by atoms with van der Waals surface area (Å²) in [7, 11) is 0. The minimum absolute atomic E-state index is 0.00141. The van der Waals surface area contributed by atoms with Crippen molar-refractivity contribution in [3.05, 3.63) is 63.5 Å². The number of hydrogen-bond acceptors (Lipinski definition) is 8. The molecule has 4 rings (SSSR count). The maximum Gasteiger partial charge on any atom is 0.269 e. The Morgan fingerprint density at radius 3 is 2.67 bits per heavy atom. The molecule has 1 atom stereocenters. The lowest BCUT2D eigenvalue weighted by Crippen LogP contribution is -1.88. The molecule has 0 amide bonds. The number of nitro groups is 1. The molecule has 136 valence electrons. The molecule has 1 unspecified atom stereocenters. The van der Waals surface area contributed by atoms with Crippen LogP contribution in [-0.4, -0.2) is 20.1 Å². The van der Waals surface area contributed by atoms with Crippen LogP contribution in [-0.2, 0) is 0 Å². The molecule has 0 bridgehead atoms. The summed E-state index contributed by atoms with van der Waals surface area (Å²) in [5, 5.41) is 19.6. The summed E-state index contributed by atoms with van der Waals surface area (Å²) in [5.41, 5.74) is 1.92. The van der Waals surface area contributed by atoms with Crippen molar-refractivity contribution in [2.45, 2.75) is 17.4 Å². The van der Waals surface area contributed by atoms with Gasteiger partial charge in [-0.05, 0) is 37.3 Å². The van der Waals surface area contributed by atoms with Gasteiger partial charge in [-0.15, -0.1) is 10.2 Å². The van der Waals surface area contributed by atoms with E-state index in [2.05, 4.69) is 15.2 Å². The zero-order chi connectivity index (χ0) is 19.0. The van der Waals surface area contributed by atoms with Gasteiger partial charge >= 0.3 is 0 Å². The first-order valence-electron chi connectivity index (χ1n) is 7.80. The van der Waals surface area contributed by atoms with Crippen molar-refractivity contribution in [1.29, 1.82) is 0 Å². The number of nitrogens with zero attached hydrogens (tertiary/aromatic N) is 4. The first kappa shape index (κ1) is 17.5. The van der Waals surface area contributed by atoms with Crippen LogP contribution in [0, 0.1) is 10.1 Å². The zero-order valence-corrected chi connectivity index (χ0v) is 15.4. The highest BCUT2D eigenvalue weighted by molar-refractivity contribution is 7.99. The fourth-order valence-electron chi connectivity index (χ4n) is 2.37. The zero-order valence-electron chi connectivity index (χ0n) is 13.8. The predicted octanol–water partition coefficient (Wildman–Crippen LogP) is 5.29. The molecule has 2 aromatic heterocycles. The molecule has 2 aromatic carbocycles. The van der Waals surface area contributed by atoms with E-state index in [4.69, 9.17) is 20.4 Å². The van der Waals surface area contributed by atoms with Gasteiger partial charge in [0, 0.05) is 22.7 Å². The van der Waals surface area contributed by atoms with Gasteiger partial charge in [-0.1, -0.05) is 23.4 Å². The van der Waals surface area contributed by atoms with Crippen molar-refractivity contribution in [3.63, 3.8) is 0 Å². The van der Waals surface area contributed by atoms with Gasteiger partial charge in [0.05, 0.1) is 10.2 Å². The number of thioether (sulfide) groups is 1. The van der Waals surface area contributed by atoms with Gasteiger partial charge in [-0.25, -0.2) is 4.98 Å². The summed E-state index contributed by atoms with van der Waals surface area (Å²) in [6, 6.07) is 11.1. The highest BCUT2D eigenvalue weighted by atomic mass is 35.5. The second-order valence-corrected chi connectivity index (χ2v) is 7.33. The highest BCUT2D eigenvalue weighted by Gasteiger charge is 2.19. The monoisotopic (exact) mass is 402 g/mol. The van der Waals surface area contributed by atoms with Gasteiger partial charge in [0.15, 0.2) is 5.58 Å². The molecule has 0 N–H and O–H groups in total. The second kappa shape index (κ2) is 7.01. The van der Waals surface area contributed by atoms with Gasteiger partial charge in [-0.3, -0.25) is 10.1 Å². The third-order valence-corrected chi connectivity index (χ3v) is 4.89. The van der Waals surface area contributed by atoms with Crippen LogP contribution >= 0.6 is 23.4 Å². The molecule has 2 heterocycles. The molecule has 0 aliphatic rings. The Hall–Kier alpha value is -2.91. The third kappa shape index (κ3) is 3.64. The van der Waals surface area contributed by atoms with E-state index in [0.29, 0.717) is 32.8 Å². The molecular formula is C17H11ClN4O4S. The molecule has 10 heteroatoms. The van der Waals surface area contributed by atoms with Crippen LogP contribution in [0.4, 0.5) is 5.69 Å². The van der Waals surface area contributed by atoms with E-state index < -0.39 is 4.92 Å². The summed E-state index contributed by atoms with van der Waals surface area (Å²) in [6.45, 7) is 1.89. The van der Waals surface area contributed by atoms with Gasteiger partial charge in [-0.2, -0.15) is 0 Å². The van der Waals surface area contributed by atoms with E-state index in [1.54, 1.807) is 30.3 Å². The summed E-state index contributed by atoms with van der Waals surface area (Å²) < 4.78 is 11.4. The molecule has 0 radical (unpaired) electrons. The van der Waals surface area contributed by atoms with Crippen molar-refractivity contribution in [2.75, 3.05) is 0 Å². The highest BCUT2D eigenvalue weighted by Crippen LogP contribution is 2.36. The minimum Gasteiger partial charge on any atom is -0.431 e. The van der Waals surface area contributed by atoms with Crippen LogP contribution < -0.4 is 0 Å². The Balaban J connectivity index is 1.52. The van der Waals surface area contributed by atoms with Gasteiger partial charge in [0.1, 0.15) is 5.52 Å². The molecule has 8 nitrogen and oxygen atoms in total. The van der Waals surface area contributed by atoms with E-state index in [1.807, 2.05) is 6.92 Å². The first-order chi connectivity index (χ1) is 13.0. The van der Waals surface area contributed by atoms with E-state index in [1.165, 1.54) is 23.9 Å². The third-order valence-electron chi connectivity index (χ3n) is 3.72. The number of rotatable bonds is 5. The molecule has 0 saturated heterocycles. The normalized spacial score (nSPS) is 12.4. The Morgan fingerprint density at radius 2 is 1.93 bits per heavy atom. The topological polar surface area (TPSA) is 108 Å². The number of nitro benzene ring substituents is 1. The van der Waals surface area contributed by atoms with Gasteiger partial charge in [0.25, 0.3) is 10.9 Å². The largest absolute Gasteiger partial charge is 0.431 e. The molecule has 0 aliphatic heterocycles. The van der Waals surface area contributed by atoms with Crippen LogP contribution in [0.2, 0.25) is 5.02 Å². The van der Waals surface area contributed by atoms with Crippen molar-refractivity contribution < 1.29 is 13.8 Å². The van der Waals surface area contributed by atoms with Crippen LogP contribution in [0.15, 0.2) is 56.5 Å². The fraction of sp³-hybridized carbons (Fsp3) is 0.118. The molecule has 0 spiro atoms. The number of hydrogen-bond donors (Lipinski definition) is 0. The number of aromatic nitrogens is 3. The first-order valence-corrected chi connectivity index (χ1v) is 9.06. The Morgan fingerprint density at radius 1 is 1.15 bits per heavy atom. The molecule has 27 heavy (non-hydrogen) atoms. The van der Waals surface area contributed by atoms with Crippen molar-refractivity contribution in [2.24, 2.45) is 0 Å². The van der Waals surface area contributed by atoms with Crippen molar-refractivity contribution >= 4 is 40.1 Å². The summed E-state index contributed by atoms with van der Waals surface area (Å²) in [4.78, 5) is 14.7. The number of non-ortho nitro benzene ring substituents is 1. The van der Waals surface area contributed by atoms with Crippen LogP contribution in [0.5, 0.6) is 0 Å². The Kier molecular flexibility index (Phi) is 4.54. The Labute approximate surface area is 161 Å². The summed E-state index contributed by atoms with van der Waals surface area (Å²) >= 11 is 7.30. The lowest BCUT2D eigenvalue weighted by atomic mass is 10.2. The number of halogens is 1. The van der Waals surface area contributed by atoms with E-state index in [9.17, 15) is 10.1 Å². The quantitative estimate of drug-likeness (QED) is 0.251. The maximum absolute atomic E-state index is 10.7. The van der Waals surface area contributed by atoms with E-state index in [0.717, 1.165) is 0 Å². The van der Waals surface area contributed by atoms with Gasteiger partial charge in [0.2, 0.25) is 11.8 Å². The lowest BCUT2D eigenvalue weighted by molar-refractivity contribution is -0.384. The molecule has 0 fully saturated rings. The standard InChI is InChI=1S/C17H11ClN4O4S/c1-9(27-17-19-13-8-11(18)4-7-14(13)25-17)15-20-21-16(26-15)10-2-5-12(6-3-10)22(23)24/h2-9H,1H3. The molecule has 0 saturated carbocycles. The SMILES string of the molecule is CC(Sc1nc2cc(Cl)ccc2o1)c1nnc(-c2ccc([N+](=O)[O-])cc2)o1. The van der Waals surface area contributed by atoms with Crippen LogP contribution in [0.1, 0.15) is 18.1 Å². The Bertz CT molecular complexity index is 1130. The van der Waals surface area contributed by atoms with Gasteiger partial charge < -0.3 is 8.83 Å². The van der Waals surface area contributed by atoms with E-state index >= 15 is 0 Å². The molecule has 4 aromatic rings. The van der Waals surface area contributed by atoms with E-state index in [-0.39, 0.29) is 16.8 Å². The molecular weight excluding hydrogens is 392 g/mol. The molecule has 0 aliphatic carbocycles. The average Bonchev–Trinajstić information content (AvgIpc) is 3.28. The average molecular weight is 403 g/mol. The minimum atomic E-state index is -0.463. The van der Waals surface area contributed by atoms with Crippen LogP contribution in [0.25, 0.3) is 22.6 Å². The number of fused-ring (bicyclic) bond motifs is 1. The maximum atomic E-state index is 10.7. The number of benzene rings is 2. The lowest BCUT2D eigenvalue weighted by Gasteiger charge is -2.01. The second-order valence-electron chi connectivity index (χ2n) is 5.60. The van der Waals surface area contributed by atoms with Crippen molar-refractivity contribution in [1.82, 2.24) is 15.2 Å². The van der Waals surface area contributed by atoms with Crippen molar-refractivity contribution in [3.8, 4) is 11.5 Å². The summed E-state index contributed by atoms with van der Waals surface area (Å²) in [6.07, 6.45) is 0. The smallest absolute Gasteiger partial charge is 0.269 e.